The lowest BCUT2D eigenvalue weighted by atomic mass is 10.2. The van der Waals surface area contributed by atoms with Crippen LogP contribution >= 0.6 is 23.2 Å². The van der Waals surface area contributed by atoms with Gasteiger partial charge in [-0.2, -0.15) is 4.31 Å². The van der Waals surface area contributed by atoms with Crippen LogP contribution in [0.4, 0.5) is 0 Å². The number of benzene rings is 1. The summed E-state index contributed by atoms with van der Waals surface area (Å²) in [4.78, 5) is 10.8. The molecule has 0 heterocycles. The van der Waals surface area contributed by atoms with Crippen molar-refractivity contribution in [2.24, 2.45) is 0 Å². The van der Waals surface area contributed by atoms with Gasteiger partial charge < -0.3 is 5.11 Å². The van der Waals surface area contributed by atoms with Crippen LogP contribution in [0, 0.1) is 0 Å². The topological polar surface area (TPSA) is 74.7 Å². The van der Waals surface area contributed by atoms with Crippen LogP contribution in [0.2, 0.25) is 10.0 Å². The Kier molecular flexibility index (Phi) is 5.43. The summed E-state index contributed by atoms with van der Waals surface area (Å²) in [6, 6.07) is 2.03. The predicted octanol–water partition coefficient (Wildman–Crippen LogP) is 3.11. The molecule has 0 amide bonds. The zero-order valence-corrected chi connectivity index (χ0v) is 13.6. The van der Waals surface area contributed by atoms with Crippen molar-refractivity contribution in [2.45, 2.75) is 31.2 Å². The van der Waals surface area contributed by atoms with Gasteiger partial charge in [-0.25, -0.2) is 13.2 Å². The summed E-state index contributed by atoms with van der Waals surface area (Å²) in [5, 5.41) is 8.69. The average Bonchev–Trinajstić information content (AvgIpc) is 2.38. The van der Waals surface area contributed by atoms with Gasteiger partial charge in [0.15, 0.2) is 0 Å². The monoisotopic (exact) mass is 339 g/mol. The predicted molar refractivity (Wildman–Crippen MR) is 78.1 cm³/mol. The van der Waals surface area contributed by atoms with Crippen LogP contribution in [0.1, 0.15) is 30.6 Å². The fourth-order valence-corrected chi connectivity index (χ4v) is 3.87. The van der Waals surface area contributed by atoms with Gasteiger partial charge in [0.25, 0.3) is 0 Å². The molecule has 0 radical (unpaired) electrons. The van der Waals surface area contributed by atoms with Crippen molar-refractivity contribution in [2.75, 3.05) is 7.05 Å². The number of carboxylic acids is 1. The minimum absolute atomic E-state index is 0.00271. The van der Waals surface area contributed by atoms with Gasteiger partial charge in [-0.05, 0) is 25.5 Å². The molecule has 20 heavy (non-hydrogen) atoms. The fourth-order valence-electron chi connectivity index (χ4n) is 1.56. The van der Waals surface area contributed by atoms with Gasteiger partial charge in [0.2, 0.25) is 10.0 Å². The molecule has 0 spiro atoms. The first-order chi connectivity index (χ1) is 9.12. The molecule has 8 heteroatoms. The van der Waals surface area contributed by atoms with Gasteiger partial charge in [-0.3, -0.25) is 0 Å². The van der Waals surface area contributed by atoms with Crippen LogP contribution < -0.4 is 0 Å². The van der Waals surface area contributed by atoms with E-state index in [4.69, 9.17) is 28.3 Å². The summed E-state index contributed by atoms with van der Waals surface area (Å²) >= 11 is 11.7. The van der Waals surface area contributed by atoms with Crippen LogP contribution in [-0.4, -0.2) is 36.9 Å². The third-order valence-corrected chi connectivity index (χ3v) is 5.84. The molecule has 0 aliphatic carbocycles. The molecule has 1 rings (SSSR count). The second-order valence-electron chi connectivity index (χ2n) is 4.35. The summed E-state index contributed by atoms with van der Waals surface area (Å²) in [6.07, 6.45) is 0.611. The SMILES string of the molecule is CCC(C)N(C)S(=O)(=O)c1cc(Cl)cc(C(=O)O)c1Cl. The van der Waals surface area contributed by atoms with E-state index in [9.17, 15) is 13.2 Å². The quantitative estimate of drug-likeness (QED) is 0.894. The van der Waals surface area contributed by atoms with Gasteiger partial charge in [0.05, 0.1) is 10.6 Å². The molecule has 0 aliphatic heterocycles. The Morgan fingerprint density at radius 3 is 2.40 bits per heavy atom. The van der Waals surface area contributed by atoms with Crippen molar-refractivity contribution in [3.05, 3.63) is 27.7 Å². The molecule has 0 fully saturated rings. The highest BCUT2D eigenvalue weighted by atomic mass is 35.5. The first-order valence-corrected chi connectivity index (χ1v) is 8.02. The Hall–Kier alpha value is -0.820. The molecular formula is C12H15Cl2NO4S. The zero-order chi connectivity index (χ0) is 15.7. The number of rotatable bonds is 5. The van der Waals surface area contributed by atoms with Crippen LogP contribution in [0.25, 0.3) is 0 Å². The molecule has 5 nitrogen and oxygen atoms in total. The van der Waals surface area contributed by atoms with E-state index in [0.29, 0.717) is 6.42 Å². The third kappa shape index (κ3) is 3.25. The van der Waals surface area contributed by atoms with E-state index in [2.05, 4.69) is 0 Å². The summed E-state index contributed by atoms with van der Waals surface area (Å²) in [5.74, 6) is -1.33. The third-order valence-electron chi connectivity index (χ3n) is 3.10. The Balaban J connectivity index is 3.50. The Bertz CT molecular complexity index is 631. The van der Waals surface area contributed by atoms with Gasteiger partial charge in [0.1, 0.15) is 4.90 Å². The Morgan fingerprint density at radius 1 is 1.40 bits per heavy atom. The highest BCUT2D eigenvalue weighted by Gasteiger charge is 2.29. The van der Waals surface area contributed by atoms with Gasteiger partial charge in [-0.15, -0.1) is 0 Å². The minimum Gasteiger partial charge on any atom is -0.478 e. The van der Waals surface area contributed by atoms with Crippen molar-refractivity contribution in [1.82, 2.24) is 4.31 Å². The maximum atomic E-state index is 12.5. The number of nitrogens with zero attached hydrogens (tertiary/aromatic N) is 1. The van der Waals surface area contributed by atoms with Crippen molar-refractivity contribution in [1.29, 1.82) is 0 Å². The molecule has 0 saturated carbocycles. The number of hydrogen-bond donors (Lipinski definition) is 1. The number of aromatic carboxylic acids is 1. The number of hydrogen-bond acceptors (Lipinski definition) is 3. The molecule has 0 saturated heterocycles. The lowest BCUT2D eigenvalue weighted by Gasteiger charge is -2.24. The standard InChI is InChI=1S/C12H15Cl2NO4S/c1-4-7(2)15(3)20(18,19)10-6-8(13)5-9(11(10)14)12(16)17/h5-7H,4H2,1-3H3,(H,16,17). The molecule has 0 bridgehead atoms. The lowest BCUT2D eigenvalue weighted by molar-refractivity contribution is 0.0697. The second-order valence-corrected chi connectivity index (χ2v) is 7.13. The highest BCUT2D eigenvalue weighted by molar-refractivity contribution is 7.89. The number of carbonyl (C=O) groups is 1. The van der Waals surface area contributed by atoms with Crippen LogP contribution in [0.5, 0.6) is 0 Å². The normalized spacial score (nSPS) is 13.5. The van der Waals surface area contributed by atoms with E-state index in [1.54, 1.807) is 6.92 Å². The summed E-state index contributed by atoms with van der Waals surface area (Å²) < 4.78 is 26.1. The van der Waals surface area contributed by atoms with Crippen LogP contribution in [-0.2, 0) is 10.0 Å². The van der Waals surface area contributed by atoms with E-state index >= 15 is 0 Å². The van der Waals surface area contributed by atoms with Crippen molar-refractivity contribution in [3.8, 4) is 0 Å². The zero-order valence-electron chi connectivity index (χ0n) is 11.2. The molecule has 112 valence electrons. The number of sulfonamides is 1. The van der Waals surface area contributed by atoms with Gasteiger partial charge in [0, 0.05) is 18.1 Å². The maximum Gasteiger partial charge on any atom is 0.337 e. The minimum atomic E-state index is -3.91. The smallest absolute Gasteiger partial charge is 0.337 e. The molecular weight excluding hydrogens is 325 g/mol. The molecule has 1 atom stereocenters. The van der Waals surface area contributed by atoms with E-state index < -0.39 is 16.0 Å². The number of halogens is 2. The van der Waals surface area contributed by atoms with Crippen molar-refractivity contribution in [3.63, 3.8) is 0 Å². The van der Waals surface area contributed by atoms with E-state index in [1.807, 2.05) is 6.92 Å². The van der Waals surface area contributed by atoms with Crippen LogP contribution in [0.15, 0.2) is 17.0 Å². The molecule has 0 aliphatic rings. The van der Waals surface area contributed by atoms with Gasteiger partial charge in [-0.1, -0.05) is 30.1 Å². The summed E-state index contributed by atoms with van der Waals surface area (Å²) in [5.41, 5.74) is -0.338. The molecule has 0 aromatic heterocycles. The Morgan fingerprint density at radius 2 is 1.95 bits per heavy atom. The molecule has 1 aromatic carbocycles. The van der Waals surface area contributed by atoms with Crippen molar-refractivity contribution >= 4 is 39.2 Å². The highest BCUT2D eigenvalue weighted by Crippen LogP contribution is 2.31. The van der Waals surface area contributed by atoms with E-state index in [1.165, 1.54) is 7.05 Å². The molecule has 1 aromatic rings. The lowest BCUT2D eigenvalue weighted by Crippen LogP contribution is -2.34. The first-order valence-electron chi connectivity index (χ1n) is 5.83. The van der Waals surface area contributed by atoms with Gasteiger partial charge >= 0.3 is 5.97 Å². The molecule has 1 unspecified atom stereocenters. The maximum absolute atomic E-state index is 12.5. The summed E-state index contributed by atoms with van der Waals surface area (Å²) in [7, 11) is -2.49. The first kappa shape index (κ1) is 17.2. The fraction of sp³-hybridized carbons (Fsp3) is 0.417. The average molecular weight is 340 g/mol. The Labute approximate surface area is 128 Å². The van der Waals surface area contributed by atoms with Crippen molar-refractivity contribution < 1.29 is 18.3 Å². The second kappa shape index (κ2) is 6.30. The molecule has 1 N–H and O–H groups in total. The van der Waals surface area contributed by atoms with E-state index in [0.717, 1.165) is 16.4 Å². The number of carboxylic acid groups (broad SMARTS) is 1. The summed E-state index contributed by atoms with van der Waals surface area (Å²) in [6.45, 7) is 3.59. The van der Waals surface area contributed by atoms with Crippen LogP contribution in [0.3, 0.4) is 0 Å². The van der Waals surface area contributed by atoms with E-state index in [-0.39, 0.29) is 26.5 Å². The largest absolute Gasteiger partial charge is 0.478 e.